The lowest BCUT2D eigenvalue weighted by Gasteiger charge is -2.13. The van der Waals surface area contributed by atoms with Gasteiger partial charge in [0.25, 0.3) is 0 Å². The third-order valence-corrected chi connectivity index (χ3v) is 4.02. The molecule has 140 valence electrons. The average Bonchev–Trinajstić information content (AvgIpc) is 2.70. The SMILES string of the molecule is CCCCCCO/C(=C/Oc1ccc(CO)cc1OC)c1ccccc1. The predicted molar refractivity (Wildman–Crippen MR) is 104 cm³/mol. The lowest BCUT2D eigenvalue weighted by molar-refractivity contribution is 0.258. The quantitative estimate of drug-likeness (QED) is 0.446. The van der Waals surface area contributed by atoms with Crippen molar-refractivity contribution < 1.29 is 19.3 Å². The minimum atomic E-state index is -0.0391. The standard InChI is InChI=1S/C22H28O4/c1-3-4-5-9-14-25-22(19-10-7-6-8-11-19)17-26-20-13-12-18(16-23)15-21(20)24-2/h6-8,10-13,15,17,23H,3-5,9,14,16H2,1-2H3/b22-17+. The fourth-order valence-electron chi connectivity index (χ4n) is 2.52. The maximum atomic E-state index is 9.25. The smallest absolute Gasteiger partial charge is 0.168 e. The summed E-state index contributed by atoms with van der Waals surface area (Å²) >= 11 is 0. The fourth-order valence-corrected chi connectivity index (χ4v) is 2.52. The Bertz CT molecular complexity index is 680. The Morgan fingerprint density at radius 1 is 1.00 bits per heavy atom. The number of rotatable bonds is 11. The summed E-state index contributed by atoms with van der Waals surface area (Å²) in [5.74, 6) is 1.84. The molecule has 2 rings (SSSR count). The highest BCUT2D eigenvalue weighted by molar-refractivity contribution is 5.59. The van der Waals surface area contributed by atoms with Crippen LogP contribution in [0.15, 0.2) is 54.8 Å². The number of benzene rings is 2. The number of methoxy groups -OCH3 is 1. The van der Waals surface area contributed by atoms with Crippen LogP contribution in [-0.4, -0.2) is 18.8 Å². The van der Waals surface area contributed by atoms with Crippen LogP contribution in [-0.2, 0) is 11.3 Å². The molecule has 26 heavy (non-hydrogen) atoms. The van der Waals surface area contributed by atoms with Crippen LogP contribution in [0, 0.1) is 0 Å². The molecule has 2 aromatic carbocycles. The molecule has 4 heteroatoms. The molecule has 0 saturated carbocycles. The first-order chi connectivity index (χ1) is 12.8. The molecule has 0 fully saturated rings. The summed E-state index contributed by atoms with van der Waals surface area (Å²) in [6.07, 6.45) is 6.22. The molecule has 0 saturated heterocycles. The minimum Gasteiger partial charge on any atom is -0.493 e. The van der Waals surface area contributed by atoms with Crippen molar-refractivity contribution in [1.29, 1.82) is 0 Å². The van der Waals surface area contributed by atoms with Gasteiger partial charge in [-0.15, -0.1) is 0 Å². The zero-order valence-electron chi connectivity index (χ0n) is 15.6. The summed E-state index contributed by atoms with van der Waals surface area (Å²) in [5.41, 5.74) is 1.74. The first-order valence-corrected chi connectivity index (χ1v) is 9.11. The number of aliphatic hydroxyl groups is 1. The van der Waals surface area contributed by atoms with Gasteiger partial charge in [-0.3, -0.25) is 0 Å². The van der Waals surface area contributed by atoms with Crippen LogP contribution in [0.2, 0.25) is 0 Å². The number of aliphatic hydroxyl groups excluding tert-OH is 1. The van der Waals surface area contributed by atoms with Crippen molar-refractivity contribution in [2.24, 2.45) is 0 Å². The second-order valence-electron chi connectivity index (χ2n) is 6.02. The van der Waals surface area contributed by atoms with Crippen LogP contribution < -0.4 is 9.47 Å². The summed E-state index contributed by atoms with van der Waals surface area (Å²) in [6.45, 7) is 2.81. The van der Waals surface area contributed by atoms with Crippen molar-refractivity contribution in [3.63, 3.8) is 0 Å². The molecule has 2 aromatic rings. The van der Waals surface area contributed by atoms with Gasteiger partial charge in [0.05, 0.1) is 20.3 Å². The predicted octanol–water partition coefficient (Wildman–Crippen LogP) is 5.16. The first kappa shape index (κ1) is 19.9. The Morgan fingerprint density at radius 3 is 2.50 bits per heavy atom. The van der Waals surface area contributed by atoms with Gasteiger partial charge in [-0.2, -0.15) is 0 Å². The van der Waals surface area contributed by atoms with Gasteiger partial charge in [0.15, 0.2) is 17.3 Å². The van der Waals surface area contributed by atoms with Gasteiger partial charge in [-0.1, -0.05) is 62.6 Å². The van der Waals surface area contributed by atoms with E-state index in [1.165, 1.54) is 12.8 Å². The number of unbranched alkanes of at least 4 members (excludes halogenated alkanes) is 3. The van der Waals surface area contributed by atoms with Crippen LogP contribution in [0.3, 0.4) is 0 Å². The lowest BCUT2D eigenvalue weighted by atomic mass is 10.2. The Hall–Kier alpha value is -2.46. The zero-order chi connectivity index (χ0) is 18.6. The van der Waals surface area contributed by atoms with Crippen LogP contribution in [0.1, 0.15) is 43.7 Å². The lowest BCUT2D eigenvalue weighted by Crippen LogP contribution is -1.98. The van der Waals surface area contributed by atoms with E-state index in [9.17, 15) is 5.11 Å². The van der Waals surface area contributed by atoms with Gasteiger partial charge in [0.1, 0.15) is 6.26 Å². The summed E-state index contributed by atoms with van der Waals surface area (Å²) in [6, 6.07) is 15.3. The Kier molecular flexibility index (Phi) is 8.56. The molecule has 0 aromatic heterocycles. The highest BCUT2D eigenvalue weighted by Crippen LogP contribution is 2.29. The molecule has 4 nitrogen and oxygen atoms in total. The normalized spacial score (nSPS) is 11.3. The highest BCUT2D eigenvalue weighted by atomic mass is 16.5. The topological polar surface area (TPSA) is 47.9 Å². The number of hydrogen-bond acceptors (Lipinski definition) is 4. The van der Waals surface area contributed by atoms with E-state index in [0.29, 0.717) is 23.9 Å². The third-order valence-electron chi connectivity index (χ3n) is 4.02. The second-order valence-corrected chi connectivity index (χ2v) is 6.02. The molecule has 0 bridgehead atoms. The molecule has 0 aliphatic carbocycles. The van der Waals surface area contributed by atoms with Crippen LogP contribution in [0.5, 0.6) is 11.5 Å². The number of ether oxygens (including phenoxy) is 3. The van der Waals surface area contributed by atoms with Gasteiger partial charge in [0, 0.05) is 5.56 Å². The Morgan fingerprint density at radius 2 is 1.81 bits per heavy atom. The summed E-state index contributed by atoms with van der Waals surface area (Å²) in [7, 11) is 1.58. The van der Waals surface area contributed by atoms with E-state index < -0.39 is 0 Å². The fraction of sp³-hybridized carbons (Fsp3) is 0.364. The Balaban J connectivity index is 2.11. The van der Waals surface area contributed by atoms with Crippen molar-refractivity contribution >= 4 is 5.76 Å². The largest absolute Gasteiger partial charge is 0.493 e. The van der Waals surface area contributed by atoms with Crippen molar-refractivity contribution in [3.8, 4) is 11.5 Å². The van der Waals surface area contributed by atoms with E-state index in [1.807, 2.05) is 30.3 Å². The van der Waals surface area contributed by atoms with Crippen LogP contribution >= 0.6 is 0 Å². The maximum Gasteiger partial charge on any atom is 0.168 e. The minimum absolute atomic E-state index is 0.0391. The molecule has 0 heterocycles. The Labute approximate surface area is 156 Å². The van der Waals surface area contributed by atoms with E-state index >= 15 is 0 Å². The van der Waals surface area contributed by atoms with Crippen LogP contribution in [0.25, 0.3) is 5.76 Å². The van der Waals surface area contributed by atoms with Crippen molar-refractivity contribution in [1.82, 2.24) is 0 Å². The second kappa shape index (κ2) is 11.2. The molecule has 0 spiro atoms. The monoisotopic (exact) mass is 356 g/mol. The molecular formula is C22H28O4. The molecule has 0 unspecified atom stereocenters. The summed E-state index contributed by atoms with van der Waals surface area (Å²) in [4.78, 5) is 0. The van der Waals surface area contributed by atoms with E-state index in [0.717, 1.165) is 24.0 Å². The molecule has 0 amide bonds. The van der Waals surface area contributed by atoms with Crippen molar-refractivity contribution in [3.05, 3.63) is 65.9 Å². The zero-order valence-corrected chi connectivity index (χ0v) is 15.6. The average molecular weight is 356 g/mol. The van der Waals surface area contributed by atoms with Crippen molar-refractivity contribution in [2.75, 3.05) is 13.7 Å². The van der Waals surface area contributed by atoms with E-state index in [4.69, 9.17) is 14.2 Å². The van der Waals surface area contributed by atoms with Gasteiger partial charge in [0.2, 0.25) is 0 Å². The third kappa shape index (κ3) is 6.12. The van der Waals surface area contributed by atoms with Gasteiger partial charge < -0.3 is 19.3 Å². The van der Waals surface area contributed by atoms with Gasteiger partial charge in [-0.25, -0.2) is 0 Å². The first-order valence-electron chi connectivity index (χ1n) is 9.11. The molecule has 1 N–H and O–H groups in total. The van der Waals surface area contributed by atoms with E-state index in [-0.39, 0.29) is 6.61 Å². The van der Waals surface area contributed by atoms with E-state index in [2.05, 4.69) is 6.92 Å². The molecule has 0 radical (unpaired) electrons. The van der Waals surface area contributed by atoms with E-state index in [1.54, 1.807) is 31.6 Å². The molecule has 0 aliphatic heterocycles. The molecule has 0 aliphatic rings. The maximum absolute atomic E-state index is 9.25. The van der Waals surface area contributed by atoms with Gasteiger partial charge >= 0.3 is 0 Å². The van der Waals surface area contributed by atoms with Crippen molar-refractivity contribution in [2.45, 2.75) is 39.2 Å². The highest BCUT2D eigenvalue weighted by Gasteiger charge is 2.08. The number of hydrogen-bond donors (Lipinski definition) is 1. The van der Waals surface area contributed by atoms with Gasteiger partial charge in [-0.05, 0) is 24.1 Å². The van der Waals surface area contributed by atoms with Crippen LogP contribution in [0.4, 0.5) is 0 Å². The molecule has 0 atom stereocenters. The summed E-state index contributed by atoms with van der Waals surface area (Å²) < 4.78 is 17.1. The molecular weight excluding hydrogens is 328 g/mol. The summed E-state index contributed by atoms with van der Waals surface area (Å²) in [5, 5.41) is 9.25.